The van der Waals surface area contributed by atoms with Crippen molar-refractivity contribution in [3.8, 4) is 0 Å². The molecule has 2 unspecified atom stereocenters. The van der Waals surface area contributed by atoms with Crippen molar-refractivity contribution in [1.82, 2.24) is 5.32 Å². The summed E-state index contributed by atoms with van der Waals surface area (Å²) in [5, 5.41) is 12.2. The van der Waals surface area contributed by atoms with Crippen molar-refractivity contribution in [2.24, 2.45) is 0 Å². The molecule has 16 heavy (non-hydrogen) atoms. The van der Waals surface area contributed by atoms with Gasteiger partial charge in [0.15, 0.2) is 0 Å². The molecule has 0 aromatic heterocycles. The fourth-order valence-electron chi connectivity index (χ4n) is 1.28. The summed E-state index contributed by atoms with van der Waals surface area (Å²) in [5.41, 5.74) is -0.610. The number of hydrogen-bond acceptors (Lipinski definition) is 5. The highest BCUT2D eigenvalue weighted by molar-refractivity contribution is 7.99. The monoisotopic (exact) mass is 249 g/mol. The lowest BCUT2D eigenvalue weighted by atomic mass is 10.00. The first-order chi connectivity index (χ1) is 7.50. The zero-order valence-electron chi connectivity index (χ0n) is 10.6. The smallest absolute Gasteiger partial charge is 0.325 e. The van der Waals surface area contributed by atoms with Gasteiger partial charge in [0.2, 0.25) is 0 Å². The summed E-state index contributed by atoms with van der Waals surface area (Å²) in [6.45, 7) is 4.14. The van der Waals surface area contributed by atoms with Crippen LogP contribution in [0.2, 0.25) is 0 Å². The van der Waals surface area contributed by atoms with Gasteiger partial charge < -0.3 is 15.2 Å². The van der Waals surface area contributed by atoms with Crippen LogP contribution in [0.15, 0.2) is 0 Å². The zero-order chi connectivity index (χ0) is 12.6. The van der Waals surface area contributed by atoms with Crippen LogP contribution in [0.3, 0.4) is 0 Å². The molecule has 0 amide bonds. The third kappa shape index (κ3) is 5.18. The number of aliphatic hydroxyl groups excluding tert-OH is 1. The molecule has 0 spiro atoms. The topological polar surface area (TPSA) is 58.6 Å². The SMILES string of the molecule is CNC(C)(CCSC(C)CCO)C(=O)OC. The van der Waals surface area contributed by atoms with E-state index in [0.29, 0.717) is 5.25 Å². The Morgan fingerprint density at radius 3 is 2.69 bits per heavy atom. The number of carbonyl (C=O) groups excluding carboxylic acids is 1. The molecule has 0 aromatic carbocycles. The average Bonchev–Trinajstić information content (AvgIpc) is 2.28. The predicted octanol–water partition coefficient (Wildman–Crippen LogP) is 1.03. The Balaban J connectivity index is 4.00. The lowest BCUT2D eigenvalue weighted by molar-refractivity contribution is -0.147. The zero-order valence-corrected chi connectivity index (χ0v) is 11.4. The molecule has 0 aromatic rings. The van der Waals surface area contributed by atoms with E-state index in [9.17, 15) is 4.79 Å². The van der Waals surface area contributed by atoms with Gasteiger partial charge in [-0.25, -0.2) is 0 Å². The summed E-state index contributed by atoms with van der Waals surface area (Å²) in [6.07, 6.45) is 1.51. The second kappa shape index (κ2) is 7.92. The Hall–Kier alpha value is -0.260. The van der Waals surface area contributed by atoms with Crippen LogP contribution in [0.5, 0.6) is 0 Å². The van der Waals surface area contributed by atoms with Crippen molar-refractivity contribution in [3.05, 3.63) is 0 Å². The van der Waals surface area contributed by atoms with E-state index in [1.165, 1.54) is 7.11 Å². The third-order valence-electron chi connectivity index (χ3n) is 2.73. The molecule has 0 bridgehead atoms. The van der Waals surface area contributed by atoms with Crippen LogP contribution >= 0.6 is 11.8 Å². The second-order valence-electron chi connectivity index (χ2n) is 4.02. The molecule has 0 rings (SSSR count). The largest absolute Gasteiger partial charge is 0.468 e. The van der Waals surface area contributed by atoms with Crippen LogP contribution in [0.25, 0.3) is 0 Å². The van der Waals surface area contributed by atoms with Crippen molar-refractivity contribution in [2.45, 2.75) is 37.5 Å². The highest BCUT2D eigenvalue weighted by Crippen LogP contribution is 2.20. The highest BCUT2D eigenvalue weighted by Gasteiger charge is 2.31. The summed E-state index contributed by atoms with van der Waals surface area (Å²) < 4.78 is 4.76. The summed E-state index contributed by atoms with van der Waals surface area (Å²) in [5.74, 6) is 0.638. The molecule has 2 atom stereocenters. The summed E-state index contributed by atoms with van der Waals surface area (Å²) in [6, 6.07) is 0. The first-order valence-electron chi connectivity index (χ1n) is 5.50. The van der Waals surface area contributed by atoms with Crippen LogP contribution in [0.1, 0.15) is 26.7 Å². The second-order valence-corrected chi connectivity index (χ2v) is 5.56. The molecule has 0 saturated carbocycles. The quantitative estimate of drug-likeness (QED) is 0.629. The number of nitrogens with one attached hydrogen (secondary N) is 1. The van der Waals surface area contributed by atoms with Gasteiger partial charge in [-0.05, 0) is 32.6 Å². The van der Waals surface area contributed by atoms with Gasteiger partial charge in [0, 0.05) is 11.9 Å². The summed E-state index contributed by atoms with van der Waals surface area (Å²) >= 11 is 1.76. The van der Waals surface area contributed by atoms with Crippen molar-refractivity contribution in [2.75, 3.05) is 26.5 Å². The van der Waals surface area contributed by atoms with Crippen LogP contribution in [-0.4, -0.2) is 48.4 Å². The molecule has 0 aliphatic rings. The number of hydrogen-bond donors (Lipinski definition) is 2. The fraction of sp³-hybridized carbons (Fsp3) is 0.909. The van der Waals surface area contributed by atoms with E-state index in [1.54, 1.807) is 18.8 Å². The molecular formula is C11H23NO3S. The number of thioether (sulfide) groups is 1. The molecule has 5 heteroatoms. The first-order valence-corrected chi connectivity index (χ1v) is 6.55. The fourth-order valence-corrected chi connectivity index (χ4v) is 2.48. The Bertz CT molecular complexity index is 213. The minimum absolute atomic E-state index is 0.217. The van der Waals surface area contributed by atoms with Gasteiger partial charge in [0.1, 0.15) is 5.54 Å². The number of aliphatic hydroxyl groups is 1. The van der Waals surface area contributed by atoms with Crippen LogP contribution in [-0.2, 0) is 9.53 Å². The number of rotatable bonds is 8. The van der Waals surface area contributed by atoms with Gasteiger partial charge >= 0.3 is 5.97 Å². The van der Waals surface area contributed by atoms with Gasteiger partial charge in [-0.15, -0.1) is 0 Å². The predicted molar refractivity (Wildman–Crippen MR) is 67.7 cm³/mol. The van der Waals surface area contributed by atoms with Gasteiger partial charge in [0.05, 0.1) is 7.11 Å². The molecule has 0 fully saturated rings. The van der Waals surface area contributed by atoms with Crippen molar-refractivity contribution in [3.63, 3.8) is 0 Å². The van der Waals surface area contributed by atoms with Gasteiger partial charge in [-0.2, -0.15) is 11.8 Å². The van der Waals surface area contributed by atoms with Gasteiger partial charge in [-0.3, -0.25) is 4.79 Å². The van der Waals surface area contributed by atoms with Crippen LogP contribution in [0.4, 0.5) is 0 Å². The van der Waals surface area contributed by atoms with Gasteiger partial charge in [-0.1, -0.05) is 6.92 Å². The average molecular weight is 249 g/mol. The Morgan fingerprint density at radius 1 is 1.62 bits per heavy atom. The minimum atomic E-state index is -0.610. The standard InChI is InChI=1S/C11H23NO3S/c1-9(5-7-13)16-8-6-11(2,12-3)10(14)15-4/h9,12-13H,5-8H2,1-4H3. The lowest BCUT2D eigenvalue weighted by Gasteiger charge is -2.26. The number of likely N-dealkylation sites (N-methyl/N-ethyl adjacent to an activating group) is 1. The van der Waals surface area contributed by atoms with Crippen LogP contribution in [0, 0.1) is 0 Å². The van der Waals surface area contributed by atoms with E-state index < -0.39 is 5.54 Å². The molecular weight excluding hydrogens is 226 g/mol. The minimum Gasteiger partial charge on any atom is -0.468 e. The maximum absolute atomic E-state index is 11.5. The molecule has 0 heterocycles. The number of methoxy groups -OCH3 is 1. The number of carbonyl (C=O) groups is 1. The molecule has 0 aliphatic carbocycles. The van der Waals surface area contributed by atoms with E-state index in [1.807, 2.05) is 6.92 Å². The molecule has 0 saturated heterocycles. The lowest BCUT2D eigenvalue weighted by Crippen LogP contribution is -2.48. The maximum atomic E-state index is 11.5. The van der Waals surface area contributed by atoms with Crippen molar-refractivity contribution < 1.29 is 14.6 Å². The molecule has 0 aliphatic heterocycles. The maximum Gasteiger partial charge on any atom is 0.325 e. The van der Waals surface area contributed by atoms with Crippen LogP contribution < -0.4 is 5.32 Å². The van der Waals surface area contributed by atoms with E-state index in [0.717, 1.165) is 18.6 Å². The van der Waals surface area contributed by atoms with Gasteiger partial charge in [0.25, 0.3) is 0 Å². The summed E-state index contributed by atoms with van der Waals surface area (Å²) in [7, 11) is 3.16. The normalized spacial score (nSPS) is 16.6. The third-order valence-corrected chi connectivity index (χ3v) is 3.97. The molecule has 96 valence electrons. The molecule has 4 nitrogen and oxygen atoms in total. The number of esters is 1. The highest BCUT2D eigenvalue weighted by atomic mass is 32.2. The van der Waals surface area contributed by atoms with E-state index >= 15 is 0 Å². The van der Waals surface area contributed by atoms with E-state index in [4.69, 9.17) is 9.84 Å². The van der Waals surface area contributed by atoms with E-state index in [2.05, 4.69) is 12.2 Å². The number of ether oxygens (including phenoxy) is 1. The molecule has 0 radical (unpaired) electrons. The molecule has 2 N–H and O–H groups in total. The van der Waals surface area contributed by atoms with Crippen molar-refractivity contribution in [1.29, 1.82) is 0 Å². The Labute approximate surface area is 102 Å². The van der Waals surface area contributed by atoms with E-state index in [-0.39, 0.29) is 12.6 Å². The Kier molecular flexibility index (Phi) is 7.80. The van der Waals surface area contributed by atoms with Crippen molar-refractivity contribution >= 4 is 17.7 Å². The first kappa shape index (κ1) is 15.7. The Morgan fingerprint density at radius 2 is 2.25 bits per heavy atom. The summed E-state index contributed by atoms with van der Waals surface area (Å²) in [4.78, 5) is 11.5.